The van der Waals surface area contributed by atoms with Gasteiger partial charge in [-0.15, -0.1) is 0 Å². The van der Waals surface area contributed by atoms with Gasteiger partial charge < -0.3 is 0 Å². The van der Waals surface area contributed by atoms with E-state index < -0.39 is 15.8 Å². The van der Waals surface area contributed by atoms with E-state index in [1.54, 1.807) is 6.92 Å². The van der Waals surface area contributed by atoms with Crippen LogP contribution in [-0.4, -0.2) is 15.5 Å². The van der Waals surface area contributed by atoms with Crippen LogP contribution in [0.25, 0.3) is 0 Å². The molecule has 1 rings (SSSR count). The second kappa shape index (κ2) is 3.43. The maximum absolute atomic E-state index is 12.6. The molecule has 1 N–H and O–H groups in total. The summed E-state index contributed by atoms with van der Waals surface area (Å²) in [6.45, 7) is 1.55. The van der Waals surface area contributed by atoms with Crippen molar-refractivity contribution < 1.29 is 12.8 Å². The van der Waals surface area contributed by atoms with Gasteiger partial charge in [0.15, 0.2) is 0 Å². The number of halogens is 1. The van der Waals surface area contributed by atoms with E-state index in [4.69, 9.17) is 0 Å². The molecule has 13 heavy (non-hydrogen) atoms. The van der Waals surface area contributed by atoms with Crippen LogP contribution in [0.3, 0.4) is 0 Å². The summed E-state index contributed by atoms with van der Waals surface area (Å²) in [5, 5.41) is 0. The molecule has 0 radical (unpaired) electrons. The van der Waals surface area contributed by atoms with E-state index in [2.05, 4.69) is 4.72 Å². The zero-order chi connectivity index (χ0) is 10.1. The third kappa shape index (κ3) is 2.05. The van der Waals surface area contributed by atoms with Crippen LogP contribution in [0.2, 0.25) is 0 Å². The van der Waals surface area contributed by atoms with Crippen molar-refractivity contribution in [3.8, 4) is 0 Å². The molecule has 72 valence electrons. The van der Waals surface area contributed by atoms with Gasteiger partial charge in [0.2, 0.25) is 10.0 Å². The van der Waals surface area contributed by atoms with Crippen LogP contribution in [-0.2, 0) is 10.0 Å². The molecule has 0 bridgehead atoms. The number of hydrogen-bond acceptors (Lipinski definition) is 2. The van der Waals surface area contributed by atoms with E-state index in [-0.39, 0.29) is 4.90 Å². The fourth-order valence-electron chi connectivity index (χ4n) is 1.02. The van der Waals surface area contributed by atoms with E-state index in [1.807, 2.05) is 0 Å². The van der Waals surface area contributed by atoms with Gasteiger partial charge in [-0.3, -0.25) is 0 Å². The van der Waals surface area contributed by atoms with Gasteiger partial charge in [-0.05, 0) is 37.7 Å². The van der Waals surface area contributed by atoms with Gasteiger partial charge in [-0.1, -0.05) is 0 Å². The van der Waals surface area contributed by atoms with Crippen molar-refractivity contribution in [2.75, 3.05) is 7.05 Å². The second-order valence-electron chi connectivity index (χ2n) is 2.62. The molecule has 0 spiro atoms. The topological polar surface area (TPSA) is 46.2 Å². The Labute approximate surface area is 76.6 Å². The average Bonchev–Trinajstić information content (AvgIpc) is 2.03. The smallest absolute Gasteiger partial charge is 0.214 e. The van der Waals surface area contributed by atoms with Gasteiger partial charge in [-0.2, -0.15) is 0 Å². The first-order chi connectivity index (χ1) is 5.97. The van der Waals surface area contributed by atoms with Gasteiger partial charge >= 0.3 is 0 Å². The maximum atomic E-state index is 12.6. The molecule has 0 amide bonds. The predicted molar refractivity (Wildman–Crippen MR) is 47.4 cm³/mol. The first kappa shape index (κ1) is 10.1. The van der Waals surface area contributed by atoms with Crippen LogP contribution in [0.1, 0.15) is 5.56 Å². The van der Waals surface area contributed by atoms with Crippen molar-refractivity contribution in [1.82, 2.24) is 4.72 Å². The Morgan fingerprint density at radius 1 is 1.38 bits per heavy atom. The Hall–Kier alpha value is -0.940. The van der Waals surface area contributed by atoms with E-state index in [1.165, 1.54) is 19.2 Å². The molecule has 3 nitrogen and oxygen atoms in total. The molecular weight excluding hydrogens is 193 g/mol. The minimum absolute atomic E-state index is 0.108. The lowest BCUT2D eigenvalue weighted by atomic mass is 10.2. The molecule has 0 aromatic heterocycles. The maximum Gasteiger partial charge on any atom is 0.240 e. The minimum Gasteiger partial charge on any atom is -0.214 e. The van der Waals surface area contributed by atoms with E-state index in [9.17, 15) is 12.8 Å². The standard InChI is InChI=1S/C8H10FNO2S/c1-6-5-7(9)3-4-8(6)13(11,12)10-2/h3-5,10H,1-2H3. The largest absolute Gasteiger partial charge is 0.240 e. The number of benzene rings is 1. The molecule has 0 aliphatic rings. The summed E-state index contributed by atoms with van der Waals surface area (Å²) in [6, 6.07) is 3.55. The lowest BCUT2D eigenvalue weighted by Crippen LogP contribution is -2.19. The Balaban J connectivity index is 3.33. The van der Waals surface area contributed by atoms with Crippen LogP contribution < -0.4 is 4.72 Å². The summed E-state index contributed by atoms with van der Waals surface area (Å²) in [6.07, 6.45) is 0. The molecule has 0 saturated carbocycles. The summed E-state index contributed by atoms with van der Waals surface area (Å²) >= 11 is 0. The average molecular weight is 203 g/mol. The van der Waals surface area contributed by atoms with Crippen molar-refractivity contribution in [1.29, 1.82) is 0 Å². The van der Waals surface area contributed by atoms with Crippen molar-refractivity contribution in [2.45, 2.75) is 11.8 Å². The van der Waals surface area contributed by atoms with Crippen LogP contribution in [0.5, 0.6) is 0 Å². The lowest BCUT2D eigenvalue weighted by Gasteiger charge is -2.05. The predicted octanol–water partition coefficient (Wildman–Crippen LogP) is 1.04. The minimum atomic E-state index is -3.46. The normalized spacial score (nSPS) is 11.6. The number of aryl methyl sites for hydroxylation is 1. The molecule has 0 aliphatic carbocycles. The van der Waals surface area contributed by atoms with Gasteiger partial charge in [0.25, 0.3) is 0 Å². The van der Waals surface area contributed by atoms with Gasteiger partial charge in [-0.25, -0.2) is 17.5 Å². The molecule has 0 unspecified atom stereocenters. The zero-order valence-electron chi connectivity index (χ0n) is 7.33. The Morgan fingerprint density at radius 2 is 2.00 bits per heavy atom. The highest BCUT2D eigenvalue weighted by Crippen LogP contribution is 2.15. The van der Waals surface area contributed by atoms with Gasteiger partial charge in [0.05, 0.1) is 4.90 Å². The number of nitrogens with one attached hydrogen (secondary N) is 1. The van der Waals surface area contributed by atoms with Crippen LogP contribution in [0, 0.1) is 12.7 Å². The van der Waals surface area contributed by atoms with Crippen molar-refractivity contribution in [3.05, 3.63) is 29.6 Å². The van der Waals surface area contributed by atoms with E-state index in [0.29, 0.717) is 5.56 Å². The summed E-state index contributed by atoms with van der Waals surface area (Å²) in [5.74, 6) is -0.437. The summed E-state index contributed by atoms with van der Waals surface area (Å²) in [5.41, 5.74) is 0.398. The molecule has 0 atom stereocenters. The van der Waals surface area contributed by atoms with Gasteiger partial charge in [0.1, 0.15) is 5.82 Å². The van der Waals surface area contributed by atoms with Crippen molar-refractivity contribution >= 4 is 10.0 Å². The third-order valence-electron chi connectivity index (χ3n) is 1.70. The van der Waals surface area contributed by atoms with Crippen LogP contribution >= 0.6 is 0 Å². The Kier molecular flexibility index (Phi) is 2.68. The lowest BCUT2D eigenvalue weighted by molar-refractivity contribution is 0.586. The highest BCUT2D eigenvalue weighted by molar-refractivity contribution is 7.89. The number of hydrogen-bond donors (Lipinski definition) is 1. The Morgan fingerprint density at radius 3 is 2.46 bits per heavy atom. The molecule has 0 saturated heterocycles. The monoisotopic (exact) mass is 203 g/mol. The number of sulfonamides is 1. The van der Waals surface area contributed by atoms with Crippen molar-refractivity contribution in [3.63, 3.8) is 0 Å². The summed E-state index contributed by atoms with van der Waals surface area (Å²) in [7, 11) is -2.14. The van der Waals surface area contributed by atoms with Crippen molar-refractivity contribution in [2.24, 2.45) is 0 Å². The van der Waals surface area contributed by atoms with E-state index in [0.717, 1.165) is 6.07 Å². The summed E-state index contributed by atoms with van der Waals surface area (Å²) in [4.78, 5) is 0.108. The van der Waals surface area contributed by atoms with E-state index >= 15 is 0 Å². The molecule has 5 heteroatoms. The van der Waals surface area contributed by atoms with Crippen LogP contribution in [0.15, 0.2) is 23.1 Å². The molecular formula is C8H10FNO2S. The number of rotatable bonds is 2. The quantitative estimate of drug-likeness (QED) is 0.780. The first-order valence-electron chi connectivity index (χ1n) is 3.67. The highest BCUT2D eigenvalue weighted by atomic mass is 32.2. The van der Waals surface area contributed by atoms with Gasteiger partial charge in [0, 0.05) is 0 Å². The SMILES string of the molecule is CNS(=O)(=O)c1ccc(F)cc1C. The first-order valence-corrected chi connectivity index (χ1v) is 5.15. The molecule has 0 heterocycles. The Bertz CT molecular complexity index is 414. The summed E-state index contributed by atoms with van der Waals surface area (Å²) < 4.78 is 37.4. The fourth-order valence-corrected chi connectivity index (χ4v) is 1.97. The molecule has 1 aromatic carbocycles. The highest BCUT2D eigenvalue weighted by Gasteiger charge is 2.13. The zero-order valence-corrected chi connectivity index (χ0v) is 8.15. The third-order valence-corrected chi connectivity index (χ3v) is 3.27. The molecule has 0 fully saturated rings. The van der Waals surface area contributed by atoms with Crippen LogP contribution in [0.4, 0.5) is 4.39 Å². The second-order valence-corrected chi connectivity index (χ2v) is 4.47. The fraction of sp³-hybridized carbons (Fsp3) is 0.250. The molecule has 1 aromatic rings. The molecule has 0 aliphatic heterocycles.